The molecule has 0 aliphatic carbocycles. The van der Waals surface area contributed by atoms with Crippen LogP contribution in [0.15, 0.2) is 12.1 Å². The second kappa shape index (κ2) is 9.43. The number of hydrogen-bond acceptors (Lipinski definition) is 6. The van der Waals surface area contributed by atoms with Crippen molar-refractivity contribution in [1.29, 1.82) is 0 Å². The van der Waals surface area contributed by atoms with Crippen molar-refractivity contribution in [3.8, 4) is 0 Å². The van der Waals surface area contributed by atoms with Crippen molar-refractivity contribution in [2.75, 3.05) is 13.1 Å². The van der Waals surface area contributed by atoms with Crippen LogP contribution in [0.2, 0.25) is 4.34 Å². The number of hydrogen-bond donors (Lipinski definition) is 1. The first-order valence-electron chi connectivity index (χ1n) is 9.08. The number of likely N-dealkylation sites (tertiary alicyclic amines) is 1. The van der Waals surface area contributed by atoms with Crippen molar-refractivity contribution >= 4 is 28.8 Å². The quantitative estimate of drug-likeness (QED) is 0.742. The summed E-state index contributed by atoms with van der Waals surface area (Å²) >= 11 is 7.37. The maximum Gasteiger partial charge on any atom is 0.220 e. The molecule has 142 valence electrons. The lowest BCUT2D eigenvalue weighted by Crippen LogP contribution is -2.33. The third-order valence-electron chi connectivity index (χ3n) is 4.71. The Balaban J connectivity index is 1.38. The lowest BCUT2D eigenvalue weighted by atomic mass is 9.99. The van der Waals surface area contributed by atoms with Crippen LogP contribution < -0.4 is 5.32 Å². The smallest absolute Gasteiger partial charge is 0.220 e. The standard InChI is InChI=1S/C17H25ClN6OS/c1-13-6-9-23(10-7-13)12-16-20-21-22-24(16)8-2-3-17(25)19-11-14-4-5-15(18)26-14/h4-5,13H,2-3,6-12H2,1H3,(H,19,25). The molecule has 0 radical (unpaired) electrons. The zero-order valence-electron chi connectivity index (χ0n) is 15.0. The van der Waals surface area contributed by atoms with Crippen molar-refractivity contribution < 1.29 is 4.79 Å². The van der Waals surface area contributed by atoms with Gasteiger partial charge in [-0.15, -0.1) is 16.4 Å². The highest BCUT2D eigenvalue weighted by molar-refractivity contribution is 7.16. The largest absolute Gasteiger partial charge is 0.351 e. The highest BCUT2D eigenvalue weighted by Crippen LogP contribution is 2.21. The first kappa shape index (κ1) is 19.3. The molecule has 2 aromatic heterocycles. The molecule has 1 N–H and O–H groups in total. The minimum Gasteiger partial charge on any atom is -0.351 e. The van der Waals surface area contributed by atoms with E-state index >= 15 is 0 Å². The number of halogens is 1. The predicted octanol–water partition coefficient (Wildman–Crippen LogP) is 2.72. The molecule has 0 atom stereocenters. The van der Waals surface area contributed by atoms with E-state index in [-0.39, 0.29) is 5.91 Å². The second-order valence-electron chi connectivity index (χ2n) is 6.86. The number of aromatic nitrogens is 4. The molecule has 0 saturated carbocycles. The molecule has 3 heterocycles. The van der Waals surface area contributed by atoms with E-state index in [1.54, 1.807) is 0 Å². The normalized spacial score (nSPS) is 16.1. The molecule has 3 rings (SSSR count). The zero-order chi connectivity index (χ0) is 18.4. The minimum atomic E-state index is 0.0363. The molecule has 7 nitrogen and oxygen atoms in total. The third-order valence-corrected chi connectivity index (χ3v) is 5.94. The van der Waals surface area contributed by atoms with E-state index < -0.39 is 0 Å². The lowest BCUT2D eigenvalue weighted by Gasteiger charge is -2.29. The Morgan fingerprint density at radius 2 is 2.19 bits per heavy atom. The lowest BCUT2D eigenvalue weighted by molar-refractivity contribution is -0.121. The van der Waals surface area contributed by atoms with Gasteiger partial charge in [0.25, 0.3) is 0 Å². The van der Waals surface area contributed by atoms with Crippen molar-refractivity contribution in [3.63, 3.8) is 0 Å². The van der Waals surface area contributed by atoms with Crippen LogP contribution >= 0.6 is 22.9 Å². The van der Waals surface area contributed by atoms with Crippen LogP contribution in [-0.4, -0.2) is 44.1 Å². The number of nitrogens with one attached hydrogen (secondary N) is 1. The Hall–Kier alpha value is -1.51. The molecule has 1 saturated heterocycles. The Kier molecular flexibility index (Phi) is 6.99. The molecule has 1 aliphatic heterocycles. The van der Waals surface area contributed by atoms with E-state index in [9.17, 15) is 4.79 Å². The third kappa shape index (κ3) is 5.75. The van der Waals surface area contributed by atoms with E-state index in [0.29, 0.717) is 25.9 Å². The maximum absolute atomic E-state index is 12.0. The number of nitrogens with zero attached hydrogens (tertiary/aromatic N) is 5. The number of rotatable bonds is 8. The number of amides is 1. The maximum atomic E-state index is 12.0. The summed E-state index contributed by atoms with van der Waals surface area (Å²) < 4.78 is 2.56. The van der Waals surface area contributed by atoms with Crippen LogP contribution in [0.3, 0.4) is 0 Å². The molecule has 1 aliphatic rings. The summed E-state index contributed by atoms with van der Waals surface area (Å²) in [7, 11) is 0. The summed E-state index contributed by atoms with van der Waals surface area (Å²) in [6, 6.07) is 3.78. The number of thiophene rings is 1. The van der Waals surface area contributed by atoms with Gasteiger partial charge in [0.2, 0.25) is 5.91 Å². The van der Waals surface area contributed by atoms with Crippen LogP contribution in [-0.2, 0) is 24.4 Å². The minimum absolute atomic E-state index is 0.0363. The molecule has 9 heteroatoms. The fraction of sp³-hybridized carbons (Fsp3) is 0.647. The van der Waals surface area contributed by atoms with Crippen LogP contribution in [0.1, 0.15) is 43.3 Å². The molecule has 1 fully saturated rings. The van der Waals surface area contributed by atoms with Crippen LogP contribution in [0.4, 0.5) is 0 Å². The van der Waals surface area contributed by atoms with Crippen molar-refractivity contribution in [2.24, 2.45) is 5.92 Å². The summed E-state index contributed by atoms with van der Waals surface area (Å²) in [6.07, 6.45) is 3.64. The van der Waals surface area contributed by atoms with E-state index in [2.05, 4.69) is 32.7 Å². The number of piperidine rings is 1. The van der Waals surface area contributed by atoms with Crippen LogP contribution in [0.5, 0.6) is 0 Å². The fourth-order valence-corrected chi connectivity index (χ4v) is 4.07. The van der Waals surface area contributed by atoms with E-state index in [1.807, 2.05) is 16.8 Å². The van der Waals surface area contributed by atoms with Gasteiger partial charge < -0.3 is 5.32 Å². The first-order chi connectivity index (χ1) is 12.6. The topological polar surface area (TPSA) is 75.9 Å². The number of tetrazole rings is 1. The molecule has 0 aromatic carbocycles. The molecule has 0 unspecified atom stereocenters. The highest BCUT2D eigenvalue weighted by Gasteiger charge is 2.18. The van der Waals surface area contributed by atoms with Gasteiger partial charge in [0, 0.05) is 17.8 Å². The molecule has 0 bridgehead atoms. The van der Waals surface area contributed by atoms with Gasteiger partial charge in [-0.2, -0.15) is 0 Å². The SMILES string of the molecule is CC1CCN(Cc2nnnn2CCCC(=O)NCc2ccc(Cl)s2)CC1. The number of carbonyl (C=O) groups is 1. The van der Waals surface area contributed by atoms with Gasteiger partial charge in [0.1, 0.15) is 0 Å². The average Bonchev–Trinajstić information content (AvgIpc) is 3.24. The number of carbonyl (C=O) groups excluding carboxylic acids is 1. The Morgan fingerprint density at radius 1 is 1.38 bits per heavy atom. The zero-order valence-corrected chi connectivity index (χ0v) is 16.6. The first-order valence-corrected chi connectivity index (χ1v) is 10.3. The molecule has 1 amide bonds. The molecular weight excluding hydrogens is 372 g/mol. The van der Waals surface area contributed by atoms with Crippen LogP contribution in [0.25, 0.3) is 0 Å². The molecule has 26 heavy (non-hydrogen) atoms. The second-order valence-corrected chi connectivity index (χ2v) is 8.66. The van der Waals surface area contributed by atoms with Crippen molar-refractivity contribution in [1.82, 2.24) is 30.4 Å². The van der Waals surface area contributed by atoms with Gasteiger partial charge >= 0.3 is 0 Å². The Labute approximate surface area is 162 Å². The van der Waals surface area contributed by atoms with E-state index in [4.69, 9.17) is 11.6 Å². The van der Waals surface area contributed by atoms with Gasteiger partial charge in [0.05, 0.1) is 17.4 Å². The summed E-state index contributed by atoms with van der Waals surface area (Å²) in [4.78, 5) is 15.4. The van der Waals surface area contributed by atoms with E-state index in [1.165, 1.54) is 24.2 Å². The summed E-state index contributed by atoms with van der Waals surface area (Å²) in [5, 5.41) is 15.0. The average molecular weight is 397 g/mol. The van der Waals surface area contributed by atoms with Gasteiger partial charge in [-0.3, -0.25) is 9.69 Å². The van der Waals surface area contributed by atoms with Gasteiger partial charge in [-0.25, -0.2) is 4.68 Å². The molecule has 0 spiro atoms. The monoisotopic (exact) mass is 396 g/mol. The Bertz CT molecular complexity index is 710. The number of aryl methyl sites for hydroxylation is 1. The van der Waals surface area contributed by atoms with Gasteiger partial charge in [-0.1, -0.05) is 18.5 Å². The van der Waals surface area contributed by atoms with Gasteiger partial charge in [-0.05, 0) is 60.8 Å². The predicted molar refractivity (Wildman–Crippen MR) is 102 cm³/mol. The van der Waals surface area contributed by atoms with Gasteiger partial charge in [0.15, 0.2) is 5.82 Å². The molecule has 2 aromatic rings. The Morgan fingerprint density at radius 3 is 2.92 bits per heavy atom. The fourth-order valence-electron chi connectivity index (χ4n) is 3.04. The highest BCUT2D eigenvalue weighted by atomic mass is 35.5. The van der Waals surface area contributed by atoms with Crippen molar-refractivity contribution in [3.05, 3.63) is 27.2 Å². The summed E-state index contributed by atoms with van der Waals surface area (Å²) in [5.74, 6) is 1.73. The van der Waals surface area contributed by atoms with Crippen LogP contribution in [0, 0.1) is 5.92 Å². The summed E-state index contributed by atoms with van der Waals surface area (Å²) in [5.41, 5.74) is 0. The molecular formula is C17H25ClN6OS. The van der Waals surface area contributed by atoms with Crippen molar-refractivity contribution in [2.45, 2.75) is 52.2 Å². The van der Waals surface area contributed by atoms with E-state index in [0.717, 1.165) is 40.6 Å². The summed E-state index contributed by atoms with van der Waals surface area (Å²) in [6.45, 7) is 6.47.